The van der Waals surface area contributed by atoms with E-state index in [0.717, 1.165) is 36.8 Å². The summed E-state index contributed by atoms with van der Waals surface area (Å²) in [5, 5.41) is 13.4. The van der Waals surface area contributed by atoms with Crippen LogP contribution in [-0.2, 0) is 10.3 Å². The zero-order valence-electron chi connectivity index (χ0n) is 21.0. The van der Waals surface area contributed by atoms with Crippen molar-refractivity contribution in [1.29, 1.82) is 0 Å². The van der Waals surface area contributed by atoms with Crippen LogP contribution in [0.4, 0.5) is 13.2 Å². The molecule has 1 aliphatic heterocycles. The van der Waals surface area contributed by atoms with Gasteiger partial charge in [0, 0.05) is 50.2 Å². The Balaban J connectivity index is 1.18. The molecule has 1 saturated heterocycles. The SMILES string of the molecule is O=C(N[C@H]1CCN(CC2CC2)C[C@@H]1C(=O)NC1(c2ncccn2)CC1)c1cn(-c2c(F)cc(F)cc2F)nn1. The van der Waals surface area contributed by atoms with Crippen LogP contribution >= 0.6 is 0 Å². The molecule has 3 aromatic rings. The molecule has 0 bridgehead atoms. The summed E-state index contributed by atoms with van der Waals surface area (Å²) in [5.74, 6) is -3.57. The van der Waals surface area contributed by atoms with Gasteiger partial charge in [0.2, 0.25) is 5.91 Å². The van der Waals surface area contributed by atoms with Crippen LogP contribution in [0.3, 0.4) is 0 Å². The number of hydrogen-bond acceptors (Lipinski definition) is 7. The predicted octanol–water partition coefficient (Wildman–Crippen LogP) is 2.11. The number of rotatable bonds is 8. The summed E-state index contributed by atoms with van der Waals surface area (Å²) in [5.41, 5.74) is -1.43. The fourth-order valence-electron chi connectivity index (χ4n) is 5.17. The van der Waals surface area contributed by atoms with E-state index < -0.39 is 46.5 Å². The summed E-state index contributed by atoms with van der Waals surface area (Å²) in [4.78, 5) is 37.6. The molecule has 6 rings (SSSR count). The number of nitrogens with one attached hydrogen (secondary N) is 2. The van der Waals surface area contributed by atoms with Crippen LogP contribution in [0.1, 0.15) is 48.4 Å². The van der Waals surface area contributed by atoms with E-state index in [0.29, 0.717) is 36.8 Å². The van der Waals surface area contributed by atoms with Crippen molar-refractivity contribution in [3.8, 4) is 5.69 Å². The van der Waals surface area contributed by atoms with E-state index in [9.17, 15) is 22.8 Å². The van der Waals surface area contributed by atoms with Crippen LogP contribution in [0.2, 0.25) is 0 Å². The Morgan fingerprint density at radius 3 is 2.44 bits per heavy atom. The second kappa shape index (κ2) is 10.0. The average molecular weight is 541 g/mol. The van der Waals surface area contributed by atoms with Gasteiger partial charge in [-0.15, -0.1) is 5.10 Å². The second-order valence-electron chi connectivity index (χ2n) is 10.6. The Kier molecular flexibility index (Phi) is 6.53. The summed E-state index contributed by atoms with van der Waals surface area (Å²) in [6.07, 6.45) is 8.74. The summed E-state index contributed by atoms with van der Waals surface area (Å²) in [6.45, 7) is 2.12. The van der Waals surface area contributed by atoms with E-state index in [2.05, 4.69) is 35.8 Å². The topological polar surface area (TPSA) is 118 Å². The number of piperidine rings is 1. The normalized spacial score (nSPS) is 22.3. The van der Waals surface area contributed by atoms with Crippen molar-refractivity contribution < 1.29 is 22.8 Å². The van der Waals surface area contributed by atoms with E-state index in [4.69, 9.17) is 0 Å². The number of hydrogen-bond donors (Lipinski definition) is 2. The lowest BCUT2D eigenvalue weighted by atomic mass is 9.90. The van der Waals surface area contributed by atoms with Gasteiger partial charge in [0.15, 0.2) is 23.2 Å². The average Bonchev–Trinajstić information content (AvgIpc) is 3.84. The third kappa shape index (κ3) is 5.35. The molecule has 2 atom stereocenters. The minimum absolute atomic E-state index is 0.186. The van der Waals surface area contributed by atoms with Crippen LogP contribution in [-0.4, -0.2) is 67.4 Å². The monoisotopic (exact) mass is 540 g/mol. The first-order valence-electron chi connectivity index (χ1n) is 13.0. The molecule has 2 amide bonds. The van der Waals surface area contributed by atoms with E-state index in [1.807, 2.05) is 0 Å². The van der Waals surface area contributed by atoms with Crippen LogP contribution in [0.25, 0.3) is 5.69 Å². The molecule has 10 nitrogen and oxygen atoms in total. The van der Waals surface area contributed by atoms with Crippen molar-refractivity contribution in [2.24, 2.45) is 11.8 Å². The van der Waals surface area contributed by atoms with Crippen molar-refractivity contribution in [2.75, 3.05) is 19.6 Å². The summed E-state index contributed by atoms with van der Waals surface area (Å²) >= 11 is 0. The van der Waals surface area contributed by atoms with Crippen LogP contribution in [0.5, 0.6) is 0 Å². The number of aromatic nitrogens is 5. The highest BCUT2D eigenvalue weighted by Gasteiger charge is 2.50. The molecule has 2 N–H and O–H groups in total. The fourth-order valence-corrected chi connectivity index (χ4v) is 5.17. The van der Waals surface area contributed by atoms with Crippen LogP contribution in [0, 0.1) is 29.3 Å². The number of carbonyl (C=O) groups excluding carboxylic acids is 2. The number of halogens is 3. The number of benzene rings is 1. The number of amides is 2. The largest absolute Gasteiger partial charge is 0.347 e. The molecular formula is C26H27F3N8O2. The van der Waals surface area contributed by atoms with Crippen molar-refractivity contribution >= 4 is 11.8 Å². The molecule has 2 aliphatic carbocycles. The summed E-state index contributed by atoms with van der Waals surface area (Å²) in [6, 6.07) is 2.26. The van der Waals surface area contributed by atoms with Gasteiger partial charge in [-0.1, -0.05) is 5.21 Å². The van der Waals surface area contributed by atoms with Crippen LogP contribution in [0.15, 0.2) is 36.8 Å². The van der Waals surface area contributed by atoms with Gasteiger partial charge < -0.3 is 15.5 Å². The first-order chi connectivity index (χ1) is 18.8. The second-order valence-corrected chi connectivity index (χ2v) is 10.6. The third-order valence-corrected chi connectivity index (χ3v) is 7.61. The minimum Gasteiger partial charge on any atom is -0.347 e. The molecule has 3 fully saturated rings. The molecule has 0 unspecified atom stereocenters. The molecule has 2 saturated carbocycles. The molecule has 13 heteroatoms. The lowest BCUT2D eigenvalue weighted by Crippen LogP contribution is -2.57. The number of nitrogens with zero attached hydrogens (tertiary/aromatic N) is 6. The van der Waals surface area contributed by atoms with Crippen molar-refractivity contribution in [3.05, 3.63) is 65.8 Å². The van der Waals surface area contributed by atoms with Crippen molar-refractivity contribution in [3.63, 3.8) is 0 Å². The molecule has 3 aliphatic rings. The molecular weight excluding hydrogens is 513 g/mol. The lowest BCUT2D eigenvalue weighted by Gasteiger charge is -2.38. The summed E-state index contributed by atoms with van der Waals surface area (Å²) < 4.78 is 42.4. The summed E-state index contributed by atoms with van der Waals surface area (Å²) in [7, 11) is 0. The molecule has 0 radical (unpaired) electrons. The lowest BCUT2D eigenvalue weighted by molar-refractivity contribution is -0.128. The Hall–Kier alpha value is -3.87. The zero-order chi connectivity index (χ0) is 27.1. The predicted molar refractivity (Wildman–Crippen MR) is 131 cm³/mol. The minimum atomic E-state index is -1.18. The highest BCUT2D eigenvalue weighted by Crippen LogP contribution is 2.44. The third-order valence-electron chi connectivity index (χ3n) is 7.61. The van der Waals surface area contributed by atoms with Gasteiger partial charge in [-0.2, -0.15) is 0 Å². The molecule has 1 aromatic carbocycles. The van der Waals surface area contributed by atoms with Crippen LogP contribution < -0.4 is 10.6 Å². The molecule has 2 aromatic heterocycles. The van der Waals surface area contributed by atoms with Gasteiger partial charge in [0.25, 0.3) is 5.91 Å². The van der Waals surface area contributed by atoms with Gasteiger partial charge in [-0.25, -0.2) is 27.8 Å². The molecule has 39 heavy (non-hydrogen) atoms. The van der Waals surface area contributed by atoms with E-state index in [1.165, 1.54) is 12.8 Å². The Morgan fingerprint density at radius 1 is 1.05 bits per heavy atom. The smallest absolute Gasteiger partial charge is 0.273 e. The number of carbonyl (C=O) groups is 2. The molecule has 0 spiro atoms. The maximum atomic E-state index is 14.2. The van der Waals surface area contributed by atoms with E-state index in [-0.39, 0.29) is 11.6 Å². The van der Waals surface area contributed by atoms with Gasteiger partial charge in [0.05, 0.1) is 17.7 Å². The first-order valence-corrected chi connectivity index (χ1v) is 13.0. The fraction of sp³-hybridized carbons (Fsp3) is 0.462. The zero-order valence-corrected chi connectivity index (χ0v) is 21.0. The highest BCUT2D eigenvalue weighted by molar-refractivity contribution is 5.93. The van der Waals surface area contributed by atoms with Crippen molar-refractivity contribution in [1.82, 2.24) is 40.5 Å². The van der Waals surface area contributed by atoms with Gasteiger partial charge in [0.1, 0.15) is 11.5 Å². The van der Waals surface area contributed by atoms with E-state index >= 15 is 0 Å². The molecule has 3 heterocycles. The Bertz CT molecular complexity index is 1370. The highest BCUT2D eigenvalue weighted by atomic mass is 19.1. The maximum absolute atomic E-state index is 14.2. The van der Waals surface area contributed by atoms with Gasteiger partial charge in [-0.3, -0.25) is 9.59 Å². The van der Waals surface area contributed by atoms with Gasteiger partial charge in [-0.05, 0) is 44.1 Å². The molecule has 204 valence electrons. The Labute approximate surface area is 222 Å². The first kappa shape index (κ1) is 25.4. The van der Waals surface area contributed by atoms with E-state index in [1.54, 1.807) is 18.5 Å². The standard InChI is InChI=1S/C26H27F3N8O2/c27-16-10-18(28)22(19(29)11-16)37-14-21(34-35-37)24(39)32-20-4-9-36(12-15-2-3-15)13-17(20)23(38)33-26(5-6-26)25-30-7-1-8-31-25/h1,7-8,10-11,14-15,17,20H,2-6,9,12-13H2,(H,32,39)(H,33,38)/t17-,20-/m0/s1. The Morgan fingerprint density at radius 2 is 1.77 bits per heavy atom. The quantitative estimate of drug-likeness (QED) is 0.449. The van der Waals surface area contributed by atoms with Gasteiger partial charge >= 0.3 is 0 Å². The van der Waals surface area contributed by atoms with Crippen molar-refractivity contribution in [2.45, 2.75) is 43.7 Å². The maximum Gasteiger partial charge on any atom is 0.273 e. The number of likely N-dealkylation sites (tertiary alicyclic amines) is 1.